The van der Waals surface area contributed by atoms with Gasteiger partial charge in [-0.2, -0.15) is 0 Å². The third kappa shape index (κ3) is 7.60. The van der Waals surface area contributed by atoms with Gasteiger partial charge < -0.3 is 14.7 Å². The zero-order valence-electron chi connectivity index (χ0n) is 10.9. The number of hydrogen-bond donors (Lipinski definition) is 1. The third-order valence-corrected chi connectivity index (χ3v) is 2.76. The molecule has 0 bridgehead atoms. The molecular weight excluding hydrogens is 222 g/mol. The van der Waals surface area contributed by atoms with Crippen molar-refractivity contribution in [3.05, 3.63) is 0 Å². The molecule has 0 radical (unpaired) electrons. The van der Waals surface area contributed by atoms with Gasteiger partial charge in [-0.05, 0) is 18.8 Å². The Balaban J connectivity index is 0.000000304. The fraction of sp³-hybridized carbons (Fsp3) is 0.833. The molecule has 100 valence electrons. The van der Waals surface area contributed by atoms with E-state index in [1.165, 1.54) is 7.11 Å². The van der Waals surface area contributed by atoms with E-state index in [2.05, 4.69) is 4.74 Å². The van der Waals surface area contributed by atoms with Crippen molar-refractivity contribution in [1.29, 1.82) is 0 Å². The van der Waals surface area contributed by atoms with E-state index in [9.17, 15) is 9.59 Å². The zero-order chi connectivity index (χ0) is 13.3. The highest BCUT2D eigenvalue weighted by molar-refractivity contribution is 5.67. The minimum Gasteiger partial charge on any atom is -0.481 e. The monoisotopic (exact) mass is 245 g/mol. The molecule has 1 atom stereocenters. The SMILES string of the molecule is CCC(C)CC(=O)O.COC(=O)N1CCCC1. The summed E-state index contributed by atoms with van der Waals surface area (Å²) in [6, 6.07) is 0. The van der Waals surface area contributed by atoms with Crippen molar-refractivity contribution in [2.75, 3.05) is 20.2 Å². The summed E-state index contributed by atoms with van der Waals surface area (Å²) < 4.78 is 4.52. The summed E-state index contributed by atoms with van der Waals surface area (Å²) in [6.45, 7) is 5.67. The highest BCUT2D eigenvalue weighted by atomic mass is 16.5. The van der Waals surface area contributed by atoms with Crippen molar-refractivity contribution in [1.82, 2.24) is 4.90 Å². The van der Waals surface area contributed by atoms with Crippen molar-refractivity contribution in [3.63, 3.8) is 0 Å². The number of carbonyl (C=O) groups is 2. The summed E-state index contributed by atoms with van der Waals surface area (Å²) in [5.41, 5.74) is 0. The van der Waals surface area contributed by atoms with Crippen molar-refractivity contribution < 1.29 is 19.4 Å². The predicted octanol–water partition coefficient (Wildman–Crippen LogP) is 2.36. The number of ether oxygens (including phenoxy) is 1. The molecule has 1 rings (SSSR count). The van der Waals surface area contributed by atoms with Crippen LogP contribution in [-0.2, 0) is 9.53 Å². The van der Waals surface area contributed by atoms with Gasteiger partial charge in [0, 0.05) is 19.5 Å². The normalized spacial score (nSPS) is 15.8. The third-order valence-electron chi connectivity index (χ3n) is 2.76. The second kappa shape index (κ2) is 8.84. The number of nitrogens with zero attached hydrogens (tertiary/aromatic N) is 1. The fourth-order valence-electron chi connectivity index (χ4n) is 1.47. The second-order valence-corrected chi connectivity index (χ2v) is 4.28. The number of carbonyl (C=O) groups excluding carboxylic acids is 1. The van der Waals surface area contributed by atoms with Crippen LogP contribution in [0.2, 0.25) is 0 Å². The molecule has 17 heavy (non-hydrogen) atoms. The van der Waals surface area contributed by atoms with Gasteiger partial charge in [0.1, 0.15) is 0 Å². The number of likely N-dealkylation sites (tertiary alicyclic amines) is 1. The standard InChI is InChI=1S/C6H11NO2.C6H12O2/c1-9-6(8)7-4-2-3-5-7;1-3-5(2)4-6(7)8/h2-5H2,1H3;5H,3-4H2,1-2H3,(H,7,8). The van der Waals surface area contributed by atoms with Crippen LogP contribution in [0.3, 0.4) is 0 Å². The van der Waals surface area contributed by atoms with Gasteiger partial charge in [-0.3, -0.25) is 4.79 Å². The van der Waals surface area contributed by atoms with Gasteiger partial charge in [0.05, 0.1) is 7.11 Å². The first kappa shape index (κ1) is 15.7. The van der Waals surface area contributed by atoms with Gasteiger partial charge in [0.2, 0.25) is 0 Å². The van der Waals surface area contributed by atoms with Crippen LogP contribution in [0.1, 0.15) is 39.5 Å². The molecule has 1 heterocycles. The van der Waals surface area contributed by atoms with Crippen LogP contribution in [0.5, 0.6) is 0 Å². The van der Waals surface area contributed by atoms with Crippen molar-refractivity contribution in [3.8, 4) is 0 Å². The van der Waals surface area contributed by atoms with Crippen molar-refractivity contribution >= 4 is 12.1 Å². The molecule has 0 aromatic carbocycles. The zero-order valence-corrected chi connectivity index (χ0v) is 10.9. The Hall–Kier alpha value is -1.26. The second-order valence-electron chi connectivity index (χ2n) is 4.28. The minimum atomic E-state index is -0.695. The van der Waals surface area contributed by atoms with Gasteiger partial charge in [-0.15, -0.1) is 0 Å². The lowest BCUT2D eigenvalue weighted by molar-refractivity contribution is -0.137. The van der Waals surface area contributed by atoms with Crippen LogP contribution in [0.25, 0.3) is 0 Å². The first-order valence-electron chi connectivity index (χ1n) is 6.05. The molecule has 1 amide bonds. The number of carboxylic acid groups (broad SMARTS) is 1. The first-order valence-corrected chi connectivity index (χ1v) is 6.05. The van der Waals surface area contributed by atoms with E-state index in [-0.39, 0.29) is 6.09 Å². The Labute approximate surface area is 103 Å². The number of aliphatic carboxylic acids is 1. The van der Waals surface area contributed by atoms with Crippen LogP contribution < -0.4 is 0 Å². The lowest BCUT2D eigenvalue weighted by Crippen LogP contribution is -2.27. The van der Waals surface area contributed by atoms with Gasteiger partial charge in [0.25, 0.3) is 0 Å². The van der Waals surface area contributed by atoms with Gasteiger partial charge in [-0.25, -0.2) is 4.79 Å². The van der Waals surface area contributed by atoms with E-state index in [1.54, 1.807) is 4.90 Å². The van der Waals surface area contributed by atoms with Gasteiger partial charge >= 0.3 is 12.1 Å². The number of hydrogen-bond acceptors (Lipinski definition) is 3. The fourth-order valence-corrected chi connectivity index (χ4v) is 1.47. The Bertz CT molecular complexity index is 237. The summed E-state index contributed by atoms with van der Waals surface area (Å²) in [5, 5.41) is 8.22. The summed E-state index contributed by atoms with van der Waals surface area (Å²) in [6.07, 6.45) is 3.31. The topological polar surface area (TPSA) is 66.8 Å². The van der Waals surface area contributed by atoms with E-state index >= 15 is 0 Å². The summed E-state index contributed by atoms with van der Waals surface area (Å²) in [5.74, 6) is -0.369. The minimum absolute atomic E-state index is 0.187. The average Bonchev–Trinajstić information content (AvgIpc) is 2.81. The quantitative estimate of drug-likeness (QED) is 0.828. The maximum atomic E-state index is 10.7. The van der Waals surface area contributed by atoms with Gasteiger partial charge in [0.15, 0.2) is 0 Å². The van der Waals surface area contributed by atoms with Crippen LogP contribution in [-0.4, -0.2) is 42.3 Å². The van der Waals surface area contributed by atoms with Crippen LogP contribution >= 0.6 is 0 Å². The summed E-state index contributed by atoms with van der Waals surface area (Å²) in [4.78, 5) is 22.4. The lowest BCUT2D eigenvalue weighted by atomic mass is 10.1. The number of methoxy groups -OCH3 is 1. The largest absolute Gasteiger partial charge is 0.481 e. The molecule has 0 aliphatic carbocycles. The number of rotatable bonds is 3. The van der Waals surface area contributed by atoms with E-state index in [0.717, 1.165) is 32.4 Å². The van der Waals surface area contributed by atoms with E-state index in [0.29, 0.717) is 12.3 Å². The van der Waals surface area contributed by atoms with Crippen LogP contribution in [0.4, 0.5) is 4.79 Å². The molecule has 1 fully saturated rings. The Morgan fingerprint density at radius 2 is 1.88 bits per heavy atom. The Morgan fingerprint density at radius 3 is 2.18 bits per heavy atom. The molecule has 0 aromatic rings. The van der Waals surface area contributed by atoms with Crippen molar-refractivity contribution in [2.45, 2.75) is 39.5 Å². The molecule has 1 N–H and O–H groups in total. The molecule has 1 aliphatic rings. The van der Waals surface area contributed by atoms with Gasteiger partial charge in [-0.1, -0.05) is 20.3 Å². The molecule has 0 spiro atoms. The Morgan fingerprint density at radius 1 is 1.35 bits per heavy atom. The smallest absolute Gasteiger partial charge is 0.409 e. The highest BCUT2D eigenvalue weighted by Crippen LogP contribution is 2.07. The molecule has 1 unspecified atom stereocenters. The van der Waals surface area contributed by atoms with Crippen LogP contribution in [0.15, 0.2) is 0 Å². The molecule has 5 nitrogen and oxygen atoms in total. The average molecular weight is 245 g/mol. The predicted molar refractivity (Wildman–Crippen MR) is 64.9 cm³/mol. The van der Waals surface area contributed by atoms with Crippen LogP contribution in [0, 0.1) is 5.92 Å². The van der Waals surface area contributed by atoms with E-state index < -0.39 is 5.97 Å². The Kier molecular flexibility index (Phi) is 8.19. The van der Waals surface area contributed by atoms with Crippen molar-refractivity contribution in [2.24, 2.45) is 5.92 Å². The first-order chi connectivity index (χ1) is 8.01. The maximum absolute atomic E-state index is 10.7. The lowest BCUT2D eigenvalue weighted by Gasteiger charge is -2.11. The number of carboxylic acids is 1. The molecule has 1 aliphatic heterocycles. The molecule has 1 saturated heterocycles. The molecule has 0 saturated carbocycles. The maximum Gasteiger partial charge on any atom is 0.409 e. The molecular formula is C12H23NO4. The highest BCUT2D eigenvalue weighted by Gasteiger charge is 2.17. The summed E-state index contributed by atoms with van der Waals surface area (Å²) >= 11 is 0. The van der Waals surface area contributed by atoms with E-state index in [4.69, 9.17) is 5.11 Å². The molecule has 0 aromatic heterocycles. The van der Waals surface area contributed by atoms with E-state index in [1.807, 2.05) is 13.8 Å². The molecule has 5 heteroatoms. The summed E-state index contributed by atoms with van der Waals surface area (Å²) in [7, 11) is 1.42. The number of amides is 1.